The molecule has 0 radical (unpaired) electrons. The zero-order valence-corrected chi connectivity index (χ0v) is 8.91. The highest BCUT2D eigenvalue weighted by atomic mass is 16.5. The first-order valence-electron chi connectivity index (χ1n) is 5.01. The quantitative estimate of drug-likeness (QED) is 0.397. The van der Waals surface area contributed by atoms with Gasteiger partial charge in [-0.25, -0.2) is 0 Å². The van der Waals surface area contributed by atoms with Gasteiger partial charge in [-0.15, -0.1) is 0 Å². The lowest BCUT2D eigenvalue weighted by Crippen LogP contribution is -2.50. The van der Waals surface area contributed by atoms with Crippen LogP contribution in [0.4, 0.5) is 0 Å². The van der Waals surface area contributed by atoms with E-state index in [0.29, 0.717) is 12.8 Å². The number of hydrogen-bond acceptors (Lipinski definition) is 4. The lowest BCUT2D eigenvalue weighted by atomic mass is 9.91. The number of Topliss-reactive ketones (excluding diaryl/α,β-unsaturated/α-hetero) is 1. The number of rotatable bonds is 5. The van der Waals surface area contributed by atoms with Crippen LogP contribution in [-0.2, 0) is 19.1 Å². The van der Waals surface area contributed by atoms with Crippen LogP contribution >= 0.6 is 0 Å². The second kappa shape index (κ2) is 4.91. The van der Waals surface area contributed by atoms with E-state index >= 15 is 0 Å². The van der Waals surface area contributed by atoms with Gasteiger partial charge < -0.3 is 10.1 Å². The van der Waals surface area contributed by atoms with Crippen molar-refractivity contribution >= 4 is 17.7 Å². The van der Waals surface area contributed by atoms with Crippen LogP contribution in [0.5, 0.6) is 0 Å². The predicted molar refractivity (Wildman–Crippen MR) is 52.0 cm³/mol. The zero-order chi connectivity index (χ0) is 11.4. The third-order valence-electron chi connectivity index (χ3n) is 2.38. The van der Waals surface area contributed by atoms with Gasteiger partial charge in [-0.3, -0.25) is 14.4 Å². The fourth-order valence-electron chi connectivity index (χ4n) is 1.53. The second-order valence-corrected chi connectivity index (χ2v) is 3.62. The van der Waals surface area contributed by atoms with E-state index in [2.05, 4.69) is 5.32 Å². The monoisotopic (exact) mass is 213 g/mol. The minimum atomic E-state index is -0.740. The van der Waals surface area contributed by atoms with Crippen molar-refractivity contribution in [2.24, 2.45) is 5.92 Å². The smallest absolute Gasteiger partial charge is 0.316 e. The van der Waals surface area contributed by atoms with E-state index < -0.39 is 11.9 Å². The number of carbonyl (C=O) groups is 3. The summed E-state index contributed by atoms with van der Waals surface area (Å²) in [5, 5.41) is 2.63. The molecule has 1 fully saturated rings. The van der Waals surface area contributed by atoms with E-state index in [4.69, 9.17) is 4.74 Å². The van der Waals surface area contributed by atoms with E-state index in [1.54, 1.807) is 6.92 Å². The third-order valence-corrected chi connectivity index (χ3v) is 2.38. The van der Waals surface area contributed by atoms with Crippen molar-refractivity contribution in [3.63, 3.8) is 0 Å². The van der Waals surface area contributed by atoms with Crippen molar-refractivity contribution in [3.05, 3.63) is 0 Å². The summed E-state index contributed by atoms with van der Waals surface area (Å²) in [5.41, 5.74) is 0. The lowest BCUT2D eigenvalue weighted by Gasteiger charge is -2.28. The summed E-state index contributed by atoms with van der Waals surface area (Å²) in [6.45, 7) is 3.32. The molecule has 0 aromatic carbocycles. The fourth-order valence-corrected chi connectivity index (χ4v) is 1.53. The Morgan fingerprint density at radius 1 is 1.60 bits per heavy atom. The van der Waals surface area contributed by atoms with Crippen molar-refractivity contribution in [3.8, 4) is 0 Å². The Labute approximate surface area is 88.2 Å². The largest absolute Gasteiger partial charge is 0.465 e. The van der Waals surface area contributed by atoms with Crippen LogP contribution in [0.2, 0.25) is 0 Å². The normalized spacial score (nSPS) is 21.2. The van der Waals surface area contributed by atoms with Gasteiger partial charge >= 0.3 is 5.97 Å². The third kappa shape index (κ3) is 3.04. The van der Waals surface area contributed by atoms with Gasteiger partial charge in [0.05, 0.1) is 6.61 Å². The molecule has 1 N–H and O–H groups in total. The highest BCUT2D eigenvalue weighted by Crippen LogP contribution is 2.17. The molecule has 0 saturated carbocycles. The van der Waals surface area contributed by atoms with Crippen molar-refractivity contribution in [1.29, 1.82) is 0 Å². The molecular formula is C10H15NO4. The Bertz CT molecular complexity index is 279. The molecule has 1 rings (SSSR count). The summed E-state index contributed by atoms with van der Waals surface area (Å²) in [6, 6.07) is -0.0594. The molecular weight excluding hydrogens is 198 g/mol. The lowest BCUT2D eigenvalue weighted by molar-refractivity contribution is -0.152. The maximum Gasteiger partial charge on any atom is 0.316 e. The molecule has 0 spiro atoms. The number of ether oxygens (including phenoxy) is 1. The summed E-state index contributed by atoms with van der Waals surface area (Å²) in [4.78, 5) is 33.2. The van der Waals surface area contributed by atoms with Crippen LogP contribution in [-0.4, -0.2) is 30.3 Å². The van der Waals surface area contributed by atoms with Crippen LogP contribution in [0.15, 0.2) is 0 Å². The summed E-state index contributed by atoms with van der Waals surface area (Å²) in [7, 11) is 0. The molecule has 1 heterocycles. The standard InChI is InChI=1S/C10H15NO4/c1-3-15-10(14)8(6(2)12)4-7-5-9(13)11-7/h7-8H,3-5H2,1-2H3,(H,11,13). The topological polar surface area (TPSA) is 72.5 Å². The summed E-state index contributed by atoms with van der Waals surface area (Å²) in [5.74, 6) is -1.48. The highest BCUT2D eigenvalue weighted by molar-refractivity contribution is 5.98. The first-order valence-corrected chi connectivity index (χ1v) is 5.01. The van der Waals surface area contributed by atoms with Gasteiger partial charge in [0.15, 0.2) is 0 Å². The van der Waals surface area contributed by atoms with Crippen LogP contribution < -0.4 is 5.32 Å². The van der Waals surface area contributed by atoms with Gasteiger partial charge in [-0.05, 0) is 20.3 Å². The van der Waals surface area contributed by atoms with Crippen molar-refractivity contribution in [1.82, 2.24) is 5.32 Å². The Kier molecular flexibility index (Phi) is 3.82. The van der Waals surface area contributed by atoms with Crippen molar-refractivity contribution in [2.75, 3.05) is 6.61 Å². The van der Waals surface area contributed by atoms with Gasteiger partial charge in [0.1, 0.15) is 11.7 Å². The molecule has 5 nitrogen and oxygen atoms in total. The molecule has 1 aliphatic heterocycles. The number of nitrogens with one attached hydrogen (secondary N) is 1. The Balaban J connectivity index is 2.47. The van der Waals surface area contributed by atoms with Gasteiger partial charge in [0.25, 0.3) is 0 Å². The SMILES string of the molecule is CCOC(=O)C(CC1CC(=O)N1)C(C)=O. The second-order valence-electron chi connectivity index (χ2n) is 3.62. The molecule has 2 unspecified atom stereocenters. The van der Waals surface area contributed by atoms with Gasteiger partial charge in [-0.1, -0.05) is 0 Å². The Morgan fingerprint density at radius 3 is 2.60 bits per heavy atom. The molecule has 1 aliphatic rings. The van der Waals surface area contributed by atoms with E-state index in [1.165, 1.54) is 6.92 Å². The fraction of sp³-hybridized carbons (Fsp3) is 0.700. The first-order chi connectivity index (χ1) is 7.04. The summed E-state index contributed by atoms with van der Waals surface area (Å²) >= 11 is 0. The minimum absolute atomic E-state index is 0.0360. The minimum Gasteiger partial charge on any atom is -0.465 e. The van der Waals surface area contributed by atoms with Gasteiger partial charge in [-0.2, -0.15) is 0 Å². The number of esters is 1. The molecule has 0 aromatic rings. The summed E-state index contributed by atoms with van der Waals surface area (Å²) in [6.07, 6.45) is 0.739. The predicted octanol–water partition coefficient (Wildman–Crippen LogP) is 0.0333. The number of hydrogen-bond donors (Lipinski definition) is 1. The number of ketones is 1. The number of carbonyl (C=O) groups excluding carboxylic acids is 3. The molecule has 1 amide bonds. The van der Waals surface area contributed by atoms with E-state index in [9.17, 15) is 14.4 Å². The molecule has 0 aliphatic carbocycles. The van der Waals surface area contributed by atoms with Crippen LogP contribution in [0.1, 0.15) is 26.7 Å². The molecule has 84 valence electrons. The van der Waals surface area contributed by atoms with Gasteiger partial charge in [0, 0.05) is 12.5 Å². The molecule has 0 bridgehead atoms. The number of β-lactam (4-membered cyclic amide) rings is 1. The van der Waals surface area contributed by atoms with E-state index in [1.807, 2.05) is 0 Å². The Hall–Kier alpha value is -1.39. The molecule has 5 heteroatoms. The van der Waals surface area contributed by atoms with Crippen LogP contribution in [0, 0.1) is 5.92 Å². The molecule has 2 atom stereocenters. The maximum atomic E-state index is 11.4. The maximum absolute atomic E-state index is 11.4. The van der Waals surface area contributed by atoms with E-state index in [-0.39, 0.29) is 24.3 Å². The van der Waals surface area contributed by atoms with Crippen molar-refractivity contribution in [2.45, 2.75) is 32.7 Å². The van der Waals surface area contributed by atoms with Crippen LogP contribution in [0.25, 0.3) is 0 Å². The number of amides is 1. The highest BCUT2D eigenvalue weighted by Gasteiger charge is 2.33. The summed E-state index contributed by atoms with van der Waals surface area (Å²) < 4.78 is 4.79. The van der Waals surface area contributed by atoms with Gasteiger partial charge in [0.2, 0.25) is 5.91 Å². The molecule has 0 aromatic heterocycles. The first kappa shape index (κ1) is 11.7. The average Bonchev–Trinajstić information content (AvgIpc) is 2.10. The molecule has 15 heavy (non-hydrogen) atoms. The molecule has 1 saturated heterocycles. The van der Waals surface area contributed by atoms with Crippen LogP contribution in [0.3, 0.4) is 0 Å². The zero-order valence-electron chi connectivity index (χ0n) is 8.91. The Morgan fingerprint density at radius 2 is 2.20 bits per heavy atom. The van der Waals surface area contributed by atoms with E-state index in [0.717, 1.165) is 0 Å². The van der Waals surface area contributed by atoms with Crippen molar-refractivity contribution < 1.29 is 19.1 Å². The average molecular weight is 213 g/mol.